The molecule has 18 heavy (non-hydrogen) atoms. The van der Waals surface area contributed by atoms with Crippen molar-refractivity contribution in [2.45, 2.75) is 19.9 Å². The second-order valence-electron chi connectivity index (χ2n) is 3.65. The van der Waals surface area contributed by atoms with Gasteiger partial charge in [-0.1, -0.05) is 29.7 Å². The zero-order valence-corrected chi connectivity index (χ0v) is 10.6. The molecule has 0 spiro atoms. The summed E-state index contributed by atoms with van der Waals surface area (Å²) in [4.78, 5) is 15.9. The minimum Gasteiger partial charge on any atom is -0.345 e. The van der Waals surface area contributed by atoms with Gasteiger partial charge in [0.05, 0.1) is 6.54 Å². The molecule has 0 aliphatic carbocycles. The van der Waals surface area contributed by atoms with E-state index in [0.717, 1.165) is 0 Å². The molecule has 2 rings (SSSR count). The second kappa shape index (κ2) is 5.64. The van der Waals surface area contributed by atoms with Crippen molar-refractivity contribution >= 4 is 17.5 Å². The Morgan fingerprint density at radius 1 is 1.50 bits per heavy atom. The first-order valence-electron chi connectivity index (χ1n) is 5.54. The van der Waals surface area contributed by atoms with Crippen molar-refractivity contribution in [2.75, 3.05) is 0 Å². The molecule has 0 bridgehead atoms. The largest absolute Gasteiger partial charge is 0.345 e. The van der Waals surface area contributed by atoms with Gasteiger partial charge in [0.15, 0.2) is 5.82 Å². The maximum atomic E-state index is 11.8. The molecule has 5 nitrogen and oxygen atoms in total. The first kappa shape index (κ1) is 12.6. The number of halogens is 1. The third kappa shape index (κ3) is 3.07. The molecule has 1 N–H and O–H groups in total. The van der Waals surface area contributed by atoms with Gasteiger partial charge in [-0.05, 0) is 18.2 Å². The van der Waals surface area contributed by atoms with Gasteiger partial charge in [0.2, 0.25) is 5.89 Å². The summed E-state index contributed by atoms with van der Waals surface area (Å²) in [5.41, 5.74) is 0.502. The molecule has 1 heterocycles. The highest BCUT2D eigenvalue weighted by atomic mass is 35.5. The van der Waals surface area contributed by atoms with E-state index in [0.29, 0.717) is 28.7 Å². The van der Waals surface area contributed by atoms with Crippen molar-refractivity contribution in [2.24, 2.45) is 0 Å². The molecule has 1 amide bonds. The van der Waals surface area contributed by atoms with E-state index < -0.39 is 0 Å². The number of aryl methyl sites for hydroxylation is 1. The zero-order valence-electron chi connectivity index (χ0n) is 9.81. The molecule has 0 unspecified atom stereocenters. The van der Waals surface area contributed by atoms with E-state index in [9.17, 15) is 4.79 Å². The Morgan fingerprint density at radius 3 is 3.00 bits per heavy atom. The van der Waals surface area contributed by atoms with Crippen LogP contribution in [0.3, 0.4) is 0 Å². The number of nitrogens with zero attached hydrogens (tertiary/aromatic N) is 2. The molecule has 0 radical (unpaired) electrons. The van der Waals surface area contributed by atoms with Crippen LogP contribution in [0.15, 0.2) is 28.8 Å². The van der Waals surface area contributed by atoms with Crippen LogP contribution >= 0.6 is 11.6 Å². The smallest absolute Gasteiger partial charge is 0.251 e. The van der Waals surface area contributed by atoms with Crippen LogP contribution in [0.5, 0.6) is 0 Å². The minimum absolute atomic E-state index is 0.222. The van der Waals surface area contributed by atoms with Crippen LogP contribution < -0.4 is 5.32 Å². The third-order valence-corrected chi connectivity index (χ3v) is 2.54. The van der Waals surface area contributed by atoms with Crippen molar-refractivity contribution in [1.29, 1.82) is 0 Å². The third-order valence-electron chi connectivity index (χ3n) is 2.31. The fourth-order valence-corrected chi connectivity index (χ4v) is 1.59. The van der Waals surface area contributed by atoms with Crippen LogP contribution in [0.4, 0.5) is 0 Å². The molecule has 0 atom stereocenters. The van der Waals surface area contributed by atoms with E-state index in [1.165, 1.54) is 0 Å². The lowest BCUT2D eigenvalue weighted by atomic mass is 10.2. The van der Waals surface area contributed by atoms with Gasteiger partial charge < -0.3 is 9.84 Å². The maximum absolute atomic E-state index is 11.8. The van der Waals surface area contributed by atoms with Gasteiger partial charge in [-0.3, -0.25) is 4.79 Å². The van der Waals surface area contributed by atoms with Crippen LogP contribution in [-0.4, -0.2) is 16.0 Å². The van der Waals surface area contributed by atoms with Crippen LogP contribution in [0, 0.1) is 0 Å². The van der Waals surface area contributed by atoms with Gasteiger partial charge in [0.25, 0.3) is 5.91 Å². The molecule has 1 aromatic heterocycles. The summed E-state index contributed by atoms with van der Waals surface area (Å²) in [7, 11) is 0. The van der Waals surface area contributed by atoms with Crippen LogP contribution in [-0.2, 0) is 13.0 Å². The van der Waals surface area contributed by atoms with E-state index in [-0.39, 0.29) is 12.5 Å². The molecule has 6 heteroatoms. The van der Waals surface area contributed by atoms with Gasteiger partial charge >= 0.3 is 0 Å². The molecule has 0 aliphatic heterocycles. The number of carbonyl (C=O) groups excluding carboxylic acids is 1. The number of hydrogen-bond acceptors (Lipinski definition) is 4. The molecule has 2 aromatic rings. The lowest BCUT2D eigenvalue weighted by Crippen LogP contribution is -2.23. The number of rotatable bonds is 4. The summed E-state index contributed by atoms with van der Waals surface area (Å²) in [6, 6.07) is 6.73. The number of aromatic nitrogens is 2. The van der Waals surface area contributed by atoms with Crippen LogP contribution in [0.2, 0.25) is 5.02 Å². The molecule has 0 fully saturated rings. The van der Waals surface area contributed by atoms with Crippen LogP contribution in [0.1, 0.15) is 29.0 Å². The predicted octanol–water partition coefficient (Wildman–Crippen LogP) is 2.22. The van der Waals surface area contributed by atoms with Crippen molar-refractivity contribution < 1.29 is 9.32 Å². The summed E-state index contributed by atoms with van der Waals surface area (Å²) < 4.78 is 4.94. The summed E-state index contributed by atoms with van der Waals surface area (Å²) in [5.74, 6) is 0.796. The van der Waals surface area contributed by atoms with Crippen molar-refractivity contribution in [3.05, 3.63) is 46.6 Å². The molecule has 1 aromatic carbocycles. The number of amides is 1. The average molecular weight is 266 g/mol. The Kier molecular flexibility index (Phi) is 3.94. The quantitative estimate of drug-likeness (QED) is 0.920. The number of hydrogen-bond donors (Lipinski definition) is 1. The van der Waals surface area contributed by atoms with Gasteiger partial charge in [0, 0.05) is 17.0 Å². The van der Waals surface area contributed by atoms with E-state index in [1.807, 2.05) is 6.92 Å². The number of carbonyl (C=O) groups is 1. The van der Waals surface area contributed by atoms with E-state index in [4.69, 9.17) is 16.1 Å². The fourth-order valence-electron chi connectivity index (χ4n) is 1.40. The number of nitrogens with one attached hydrogen (secondary N) is 1. The molecule has 0 saturated heterocycles. The summed E-state index contributed by atoms with van der Waals surface area (Å²) in [6.07, 6.45) is 0.676. The normalized spacial score (nSPS) is 10.3. The van der Waals surface area contributed by atoms with Crippen LogP contribution in [0.25, 0.3) is 0 Å². The van der Waals surface area contributed by atoms with Crippen molar-refractivity contribution in [3.63, 3.8) is 0 Å². The second-order valence-corrected chi connectivity index (χ2v) is 4.09. The first-order chi connectivity index (χ1) is 8.69. The Hall–Kier alpha value is -1.88. The topological polar surface area (TPSA) is 68.0 Å². The van der Waals surface area contributed by atoms with Gasteiger partial charge in [-0.25, -0.2) is 0 Å². The lowest BCUT2D eigenvalue weighted by Gasteiger charge is -2.02. The minimum atomic E-state index is -0.222. The molecular weight excluding hydrogens is 254 g/mol. The van der Waals surface area contributed by atoms with E-state index >= 15 is 0 Å². The molecule has 94 valence electrons. The lowest BCUT2D eigenvalue weighted by molar-refractivity contribution is 0.0949. The highest BCUT2D eigenvalue weighted by Crippen LogP contribution is 2.10. The van der Waals surface area contributed by atoms with Crippen molar-refractivity contribution in [3.8, 4) is 0 Å². The Labute approximate surface area is 109 Å². The van der Waals surface area contributed by atoms with Gasteiger partial charge in [0.1, 0.15) is 0 Å². The molecular formula is C12H12ClN3O2. The first-order valence-corrected chi connectivity index (χ1v) is 5.92. The highest BCUT2D eigenvalue weighted by Gasteiger charge is 2.08. The summed E-state index contributed by atoms with van der Waals surface area (Å²) >= 11 is 5.81. The number of benzene rings is 1. The average Bonchev–Trinajstić information content (AvgIpc) is 2.84. The van der Waals surface area contributed by atoms with Crippen molar-refractivity contribution in [1.82, 2.24) is 15.5 Å². The van der Waals surface area contributed by atoms with E-state index in [1.54, 1.807) is 24.3 Å². The standard InChI is InChI=1S/C12H12ClN3O2/c1-2-11-15-10(16-18-11)7-14-12(17)8-4-3-5-9(13)6-8/h3-6H,2,7H2,1H3,(H,14,17). The molecule has 0 saturated carbocycles. The monoisotopic (exact) mass is 265 g/mol. The predicted molar refractivity (Wildman–Crippen MR) is 66.3 cm³/mol. The summed E-state index contributed by atoms with van der Waals surface area (Å²) in [5, 5.41) is 6.96. The Morgan fingerprint density at radius 2 is 2.33 bits per heavy atom. The Balaban J connectivity index is 1.96. The van der Waals surface area contributed by atoms with Gasteiger partial charge in [-0.15, -0.1) is 0 Å². The SMILES string of the molecule is CCc1nc(CNC(=O)c2cccc(Cl)c2)no1. The Bertz CT molecular complexity index is 554. The fraction of sp³-hybridized carbons (Fsp3) is 0.250. The van der Waals surface area contributed by atoms with Gasteiger partial charge in [-0.2, -0.15) is 4.98 Å². The highest BCUT2D eigenvalue weighted by molar-refractivity contribution is 6.30. The molecule has 0 aliphatic rings. The van der Waals surface area contributed by atoms with E-state index in [2.05, 4.69) is 15.5 Å². The maximum Gasteiger partial charge on any atom is 0.251 e. The summed E-state index contributed by atoms with van der Waals surface area (Å²) in [6.45, 7) is 2.15. The zero-order chi connectivity index (χ0) is 13.0.